The van der Waals surface area contributed by atoms with Crippen molar-refractivity contribution in [1.82, 2.24) is 14.4 Å². The van der Waals surface area contributed by atoms with Crippen molar-refractivity contribution >= 4 is 32.7 Å². The second kappa shape index (κ2) is 8.50. The number of pyridine rings is 1. The van der Waals surface area contributed by atoms with Crippen molar-refractivity contribution in [2.75, 3.05) is 25.0 Å². The van der Waals surface area contributed by atoms with E-state index in [1.807, 2.05) is 0 Å². The molecule has 9 nitrogen and oxygen atoms in total. The maximum absolute atomic E-state index is 13.5. The number of amides is 1. The molecule has 1 amide bonds. The molecule has 3 heterocycles. The normalized spacial score (nSPS) is 16.9. The largest absolute Gasteiger partial charge is 0.377 e. The van der Waals surface area contributed by atoms with Crippen molar-refractivity contribution in [3.8, 4) is 0 Å². The summed E-state index contributed by atoms with van der Waals surface area (Å²) in [5, 5.41) is 7.00. The van der Waals surface area contributed by atoms with E-state index in [-0.39, 0.29) is 29.9 Å². The summed E-state index contributed by atoms with van der Waals surface area (Å²) in [6, 6.07) is 10.1. The minimum Gasteiger partial charge on any atom is -0.377 e. The Hall–Kier alpha value is -2.82. The summed E-state index contributed by atoms with van der Waals surface area (Å²) in [4.78, 5) is 16.9. The minimum atomic E-state index is -4.01. The highest BCUT2D eigenvalue weighted by molar-refractivity contribution is 7.89. The van der Waals surface area contributed by atoms with E-state index < -0.39 is 15.9 Å². The highest BCUT2D eigenvalue weighted by atomic mass is 32.2. The van der Waals surface area contributed by atoms with Crippen molar-refractivity contribution in [2.24, 2.45) is 0 Å². The zero-order valence-electron chi connectivity index (χ0n) is 16.4. The molecular formula is C20H22N4O5S. The Morgan fingerprint density at radius 1 is 1.30 bits per heavy atom. The lowest BCUT2D eigenvalue weighted by Crippen LogP contribution is -2.42. The predicted molar refractivity (Wildman–Crippen MR) is 109 cm³/mol. The quantitative estimate of drug-likeness (QED) is 0.612. The van der Waals surface area contributed by atoms with E-state index in [0.29, 0.717) is 23.3 Å². The molecule has 30 heavy (non-hydrogen) atoms. The number of fused-ring (bicyclic) bond motifs is 1. The fourth-order valence-electron chi connectivity index (χ4n) is 3.45. The molecule has 0 radical (unpaired) electrons. The van der Waals surface area contributed by atoms with Gasteiger partial charge < -0.3 is 14.6 Å². The van der Waals surface area contributed by atoms with Crippen LogP contribution >= 0.6 is 0 Å². The molecule has 0 aliphatic carbocycles. The summed E-state index contributed by atoms with van der Waals surface area (Å²) in [7, 11) is -4.01. The molecule has 2 aromatic heterocycles. The number of nitrogens with zero attached hydrogens (tertiary/aromatic N) is 3. The first-order valence-corrected chi connectivity index (χ1v) is 11.1. The van der Waals surface area contributed by atoms with Gasteiger partial charge in [0.15, 0.2) is 5.82 Å². The van der Waals surface area contributed by atoms with Crippen LogP contribution in [0.15, 0.2) is 52.0 Å². The average molecular weight is 430 g/mol. The first kappa shape index (κ1) is 20.5. The summed E-state index contributed by atoms with van der Waals surface area (Å²) < 4.78 is 38.8. The molecule has 0 saturated carbocycles. The number of ether oxygens (including phenoxy) is 1. The molecular weight excluding hydrogens is 408 g/mol. The number of aromatic nitrogens is 2. The highest BCUT2D eigenvalue weighted by Crippen LogP contribution is 2.25. The number of benzene rings is 1. The Balaban J connectivity index is 1.64. The fraction of sp³-hybridized carbons (Fsp3) is 0.350. The van der Waals surface area contributed by atoms with Gasteiger partial charge in [0.25, 0.3) is 0 Å². The van der Waals surface area contributed by atoms with Crippen LogP contribution in [0.25, 0.3) is 10.9 Å². The fourth-order valence-corrected chi connectivity index (χ4v) is 5.05. The summed E-state index contributed by atoms with van der Waals surface area (Å²) in [6.45, 7) is 1.98. The van der Waals surface area contributed by atoms with E-state index >= 15 is 0 Å². The lowest BCUT2D eigenvalue weighted by molar-refractivity contribution is -0.116. The van der Waals surface area contributed by atoms with E-state index in [9.17, 15) is 13.2 Å². The maximum Gasteiger partial charge on any atom is 0.245 e. The Kier molecular flexibility index (Phi) is 5.80. The van der Waals surface area contributed by atoms with Gasteiger partial charge in [-0.05, 0) is 31.9 Å². The number of hydrogen-bond donors (Lipinski definition) is 1. The third-order valence-electron chi connectivity index (χ3n) is 4.86. The molecule has 0 spiro atoms. The summed E-state index contributed by atoms with van der Waals surface area (Å²) in [6.07, 6.45) is 2.89. The summed E-state index contributed by atoms with van der Waals surface area (Å²) in [5.74, 6) is 0.257. The van der Waals surface area contributed by atoms with E-state index in [2.05, 4.69) is 15.5 Å². The third kappa shape index (κ3) is 4.35. The predicted octanol–water partition coefficient (Wildman–Crippen LogP) is 2.34. The lowest BCUT2D eigenvalue weighted by atomic mass is 10.2. The molecule has 1 fully saturated rings. The molecule has 1 atom stereocenters. The Bertz CT molecular complexity index is 1150. The van der Waals surface area contributed by atoms with Gasteiger partial charge in [0.1, 0.15) is 10.7 Å². The van der Waals surface area contributed by atoms with Crippen LogP contribution in [0.2, 0.25) is 0 Å². The van der Waals surface area contributed by atoms with Crippen LogP contribution in [0.5, 0.6) is 0 Å². The zero-order valence-corrected chi connectivity index (χ0v) is 17.3. The number of sulfonamides is 1. The molecule has 1 aliphatic rings. The van der Waals surface area contributed by atoms with Gasteiger partial charge in [0.05, 0.1) is 18.2 Å². The molecule has 1 aromatic carbocycles. The molecule has 1 unspecified atom stereocenters. The molecule has 10 heteroatoms. The number of nitrogens with one attached hydrogen (secondary N) is 1. The Morgan fingerprint density at radius 2 is 2.13 bits per heavy atom. The molecule has 1 N–H and O–H groups in total. The molecule has 0 bridgehead atoms. The van der Waals surface area contributed by atoms with Gasteiger partial charge in [-0.25, -0.2) is 8.42 Å². The lowest BCUT2D eigenvalue weighted by Gasteiger charge is -2.24. The topological polar surface area (TPSA) is 115 Å². The number of carbonyl (C=O) groups is 1. The number of hydrogen-bond acceptors (Lipinski definition) is 7. The van der Waals surface area contributed by atoms with Gasteiger partial charge in [-0.15, -0.1) is 0 Å². The molecule has 4 rings (SSSR count). The van der Waals surface area contributed by atoms with Crippen molar-refractivity contribution < 1.29 is 22.5 Å². The van der Waals surface area contributed by atoms with Crippen molar-refractivity contribution in [3.05, 3.63) is 48.4 Å². The van der Waals surface area contributed by atoms with Crippen molar-refractivity contribution in [1.29, 1.82) is 0 Å². The second-order valence-corrected chi connectivity index (χ2v) is 9.04. The maximum atomic E-state index is 13.5. The van der Waals surface area contributed by atoms with Crippen LogP contribution in [-0.2, 0) is 19.6 Å². The standard InChI is InChI=1S/C20H22N4O5S/c1-14-11-18(23-29-14)22-19(25)13-24(12-16-7-4-10-28-16)30(26,27)17-8-2-5-15-6-3-9-21-20(15)17/h2-3,5-6,8-9,11,16H,4,7,10,12-13H2,1H3,(H,22,23,25). The van der Waals surface area contributed by atoms with Gasteiger partial charge in [0, 0.05) is 30.8 Å². The van der Waals surface area contributed by atoms with Gasteiger partial charge in [-0.3, -0.25) is 9.78 Å². The number of rotatable bonds is 7. The summed E-state index contributed by atoms with van der Waals surface area (Å²) in [5.41, 5.74) is 0.366. The van der Waals surface area contributed by atoms with Crippen LogP contribution in [0.4, 0.5) is 5.82 Å². The van der Waals surface area contributed by atoms with Gasteiger partial charge in [-0.2, -0.15) is 4.31 Å². The molecule has 1 aliphatic heterocycles. The SMILES string of the molecule is Cc1cc(NC(=O)CN(CC2CCCO2)S(=O)(=O)c2cccc3cccnc23)no1. The Labute approximate surface area is 174 Å². The number of aryl methyl sites for hydroxylation is 1. The van der Waals surface area contributed by atoms with Gasteiger partial charge >= 0.3 is 0 Å². The van der Waals surface area contributed by atoms with Crippen molar-refractivity contribution in [2.45, 2.75) is 30.8 Å². The van der Waals surface area contributed by atoms with E-state index in [1.165, 1.54) is 6.07 Å². The molecule has 3 aromatic rings. The monoisotopic (exact) mass is 430 g/mol. The molecule has 158 valence electrons. The minimum absolute atomic E-state index is 0.0590. The van der Waals surface area contributed by atoms with Crippen LogP contribution in [-0.4, -0.2) is 54.6 Å². The van der Waals surface area contributed by atoms with Gasteiger partial charge in [-0.1, -0.05) is 23.4 Å². The van der Waals surface area contributed by atoms with E-state index in [4.69, 9.17) is 9.26 Å². The van der Waals surface area contributed by atoms with Crippen molar-refractivity contribution in [3.63, 3.8) is 0 Å². The smallest absolute Gasteiger partial charge is 0.245 e. The van der Waals surface area contributed by atoms with Crippen LogP contribution < -0.4 is 5.32 Å². The average Bonchev–Trinajstić information content (AvgIpc) is 3.38. The van der Waals surface area contributed by atoms with Crippen LogP contribution in [0, 0.1) is 6.92 Å². The zero-order chi connectivity index (χ0) is 21.1. The summed E-state index contributed by atoms with van der Waals surface area (Å²) >= 11 is 0. The first-order chi connectivity index (χ1) is 14.4. The van der Waals surface area contributed by atoms with Crippen LogP contribution in [0.3, 0.4) is 0 Å². The van der Waals surface area contributed by atoms with E-state index in [0.717, 1.165) is 17.1 Å². The number of carbonyl (C=O) groups excluding carboxylic acids is 1. The number of para-hydroxylation sites is 1. The van der Waals surface area contributed by atoms with E-state index in [1.54, 1.807) is 43.5 Å². The number of anilines is 1. The van der Waals surface area contributed by atoms with Crippen LogP contribution in [0.1, 0.15) is 18.6 Å². The highest BCUT2D eigenvalue weighted by Gasteiger charge is 2.32. The second-order valence-electron chi connectivity index (χ2n) is 7.13. The molecule has 1 saturated heterocycles. The third-order valence-corrected chi connectivity index (χ3v) is 6.70. The first-order valence-electron chi connectivity index (χ1n) is 9.62. The Morgan fingerprint density at radius 3 is 2.87 bits per heavy atom. The van der Waals surface area contributed by atoms with Gasteiger partial charge in [0.2, 0.25) is 15.9 Å².